The number of aromatic nitrogens is 1. The number of pyridine rings is 1. The van der Waals surface area contributed by atoms with Crippen LogP contribution in [-0.4, -0.2) is 12.0 Å². The van der Waals surface area contributed by atoms with Crippen molar-refractivity contribution in [1.82, 2.24) is 10.3 Å². The summed E-state index contributed by atoms with van der Waals surface area (Å²) in [4.78, 5) is 4.32. The summed E-state index contributed by atoms with van der Waals surface area (Å²) in [5.41, 5.74) is 0.950. The van der Waals surface area contributed by atoms with Crippen molar-refractivity contribution in [2.24, 2.45) is 5.92 Å². The van der Waals surface area contributed by atoms with Crippen LogP contribution < -0.4 is 5.32 Å². The molecule has 0 radical (unpaired) electrons. The monoisotopic (exact) mass is 212 g/mol. The van der Waals surface area contributed by atoms with Gasteiger partial charge >= 0.3 is 0 Å². The lowest BCUT2D eigenvalue weighted by Crippen LogP contribution is -2.24. The average Bonchev–Trinajstić information content (AvgIpc) is 2.21. The minimum Gasteiger partial charge on any atom is -0.311 e. The summed E-state index contributed by atoms with van der Waals surface area (Å²) in [6.45, 7) is 4.37. The lowest BCUT2D eigenvalue weighted by atomic mass is 9.96. The summed E-state index contributed by atoms with van der Waals surface area (Å²) in [5, 5.41) is 4.01. The minimum atomic E-state index is 0.244. The van der Waals surface area contributed by atoms with Crippen LogP contribution in [-0.2, 0) is 0 Å². The number of rotatable bonds is 4. The molecule has 0 spiro atoms. The highest BCUT2D eigenvalue weighted by Gasteiger charge is 2.19. The van der Waals surface area contributed by atoms with Gasteiger partial charge in [-0.1, -0.05) is 31.9 Å². The molecule has 1 aromatic rings. The zero-order valence-electron chi connectivity index (χ0n) is 8.92. The molecule has 1 heterocycles. The quantitative estimate of drug-likeness (QED) is 0.830. The molecular weight excluding hydrogens is 196 g/mol. The van der Waals surface area contributed by atoms with E-state index in [9.17, 15) is 0 Å². The Bertz CT molecular complexity index is 288. The summed E-state index contributed by atoms with van der Waals surface area (Å²) >= 11 is 6.10. The van der Waals surface area contributed by atoms with Crippen LogP contribution in [0.4, 0.5) is 0 Å². The predicted molar refractivity (Wildman–Crippen MR) is 60.5 cm³/mol. The Labute approximate surface area is 90.7 Å². The standard InChI is InChI=1S/C11H17ClN2/c1-4-8(2)10(13-3)11-9(12)6-5-7-14-11/h5-8,10,13H,4H2,1-3H3. The first kappa shape index (κ1) is 11.5. The fraction of sp³-hybridized carbons (Fsp3) is 0.545. The molecule has 1 N–H and O–H groups in total. The Hall–Kier alpha value is -0.600. The third kappa shape index (κ3) is 2.46. The van der Waals surface area contributed by atoms with E-state index in [1.54, 1.807) is 6.20 Å². The van der Waals surface area contributed by atoms with E-state index in [-0.39, 0.29) is 6.04 Å². The number of nitrogens with one attached hydrogen (secondary N) is 1. The van der Waals surface area contributed by atoms with Crippen molar-refractivity contribution in [3.63, 3.8) is 0 Å². The molecule has 2 nitrogen and oxygen atoms in total. The normalized spacial score (nSPS) is 15.1. The molecule has 3 heteroatoms. The highest BCUT2D eigenvalue weighted by Crippen LogP contribution is 2.27. The third-order valence-corrected chi connectivity index (χ3v) is 2.93. The van der Waals surface area contributed by atoms with Crippen LogP contribution in [0.25, 0.3) is 0 Å². The van der Waals surface area contributed by atoms with E-state index in [0.29, 0.717) is 5.92 Å². The maximum atomic E-state index is 6.10. The van der Waals surface area contributed by atoms with Gasteiger partial charge < -0.3 is 5.32 Å². The number of hydrogen-bond donors (Lipinski definition) is 1. The maximum Gasteiger partial charge on any atom is 0.0761 e. The predicted octanol–water partition coefficient (Wildman–Crippen LogP) is 3.04. The van der Waals surface area contributed by atoms with Crippen molar-refractivity contribution < 1.29 is 0 Å². The van der Waals surface area contributed by atoms with Gasteiger partial charge in [-0.15, -0.1) is 0 Å². The minimum absolute atomic E-state index is 0.244. The van der Waals surface area contributed by atoms with E-state index in [4.69, 9.17) is 11.6 Å². The molecule has 0 aliphatic rings. The van der Waals surface area contributed by atoms with Crippen LogP contribution in [0.3, 0.4) is 0 Å². The van der Waals surface area contributed by atoms with Crippen LogP contribution in [0, 0.1) is 5.92 Å². The Morgan fingerprint density at radius 2 is 2.29 bits per heavy atom. The van der Waals surface area contributed by atoms with Gasteiger partial charge in [0.1, 0.15) is 0 Å². The van der Waals surface area contributed by atoms with Crippen molar-refractivity contribution >= 4 is 11.6 Å². The van der Waals surface area contributed by atoms with E-state index in [0.717, 1.165) is 17.1 Å². The molecule has 0 aliphatic carbocycles. The molecular formula is C11H17ClN2. The SMILES string of the molecule is CCC(C)C(NC)c1ncccc1Cl. The highest BCUT2D eigenvalue weighted by atomic mass is 35.5. The van der Waals surface area contributed by atoms with Crippen molar-refractivity contribution in [2.45, 2.75) is 26.3 Å². The zero-order valence-corrected chi connectivity index (χ0v) is 9.67. The van der Waals surface area contributed by atoms with Gasteiger partial charge in [-0.3, -0.25) is 4.98 Å². The summed E-state index contributed by atoms with van der Waals surface area (Å²) in [5.74, 6) is 0.535. The largest absolute Gasteiger partial charge is 0.311 e. The van der Waals surface area contributed by atoms with Gasteiger partial charge in [0, 0.05) is 6.20 Å². The second-order valence-corrected chi connectivity index (χ2v) is 3.93. The zero-order chi connectivity index (χ0) is 10.6. The second-order valence-electron chi connectivity index (χ2n) is 3.52. The lowest BCUT2D eigenvalue weighted by Gasteiger charge is -2.22. The molecule has 0 amide bonds. The fourth-order valence-electron chi connectivity index (χ4n) is 1.55. The van der Waals surface area contributed by atoms with Crippen molar-refractivity contribution in [2.75, 3.05) is 7.05 Å². The Balaban J connectivity index is 2.94. The fourth-order valence-corrected chi connectivity index (χ4v) is 1.79. The van der Waals surface area contributed by atoms with Gasteiger partial charge in [-0.05, 0) is 25.1 Å². The average molecular weight is 213 g/mol. The first-order valence-corrected chi connectivity index (χ1v) is 5.36. The molecule has 0 aromatic carbocycles. The van der Waals surface area contributed by atoms with Gasteiger partial charge in [0.2, 0.25) is 0 Å². The van der Waals surface area contributed by atoms with Crippen LogP contribution >= 0.6 is 11.6 Å². The number of halogens is 1. The molecule has 2 atom stereocenters. The molecule has 1 aromatic heterocycles. The van der Waals surface area contributed by atoms with Gasteiger partial charge in [-0.25, -0.2) is 0 Å². The highest BCUT2D eigenvalue weighted by molar-refractivity contribution is 6.31. The molecule has 1 rings (SSSR count). The van der Waals surface area contributed by atoms with Crippen molar-refractivity contribution in [3.8, 4) is 0 Å². The third-order valence-electron chi connectivity index (χ3n) is 2.61. The molecule has 0 aliphatic heterocycles. The van der Waals surface area contributed by atoms with E-state index in [1.807, 2.05) is 19.2 Å². The first-order chi connectivity index (χ1) is 6.70. The van der Waals surface area contributed by atoms with Crippen LogP contribution in [0.2, 0.25) is 5.02 Å². The molecule has 2 unspecified atom stereocenters. The van der Waals surface area contributed by atoms with Gasteiger partial charge in [-0.2, -0.15) is 0 Å². The Morgan fingerprint density at radius 3 is 2.79 bits per heavy atom. The summed E-state index contributed by atoms with van der Waals surface area (Å²) in [6.07, 6.45) is 2.90. The molecule has 0 fully saturated rings. The molecule has 14 heavy (non-hydrogen) atoms. The van der Waals surface area contributed by atoms with Gasteiger partial charge in [0.25, 0.3) is 0 Å². The smallest absolute Gasteiger partial charge is 0.0761 e. The summed E-state index contributed by atoms with van der Waals surface area (Å²) < 4.78 is 0. The van der Waals surface area contributed by atoms with E-state index in [2.05, 4.69) is 24.1 Å². The maximum absolute atomic E-state index is 6.10. The lowest BCUT2D eigenvalue weighted by molar-refractivity contribution is 0.393. The van der Waals surface area contributed by atoms with Crippen LogP contribution in [0.15, 0.2) is 18.3 Å². The summed E-state index contributed by atoms with van der Waals surface area (Å²) in [7, 11) is 1.95. The molecule has 78 valence electrons. The van der Waals surface area contributed by atoms with Crippen LogP contribution in [0.5, 0.6) is 0 Å². The van der Waals surface area contributed by atoms with Crippen molar-refractivity contribution in [3.05, 3.63) is 29.0 Å². The number of hydrogen-bond acceptors (Lipinski definition) is 2. The van der Waals surface area contributed by atoms with E-state index >= 15 is 0 Å². The first-order valence-electron chi connectivity index (χ1n) is 4.98. The van der Waals surface area contributed by atoms with E-state index in [1.165, 1.54) is 0 Å². The van der Waals surface area contributed by atoms with E-state index < -0.39 is 0 Å². The Morgan fingerprint density at radius 1 is 1.57 bits per heavy atom. The Kier molecular flexibility index (Phi) is 4.36. The van der Waals surface area contributed by atoms with Gasteiger partial charge in [0.05, 0.1) is 16.8 Å². The molecule has 0 bridgehead atoms. The summed E-state index contributed by atoms with van der Waals surface area (Å²) in [6, 6.07) is 3.99. The second kappa shape index (κ2) is 5.32. The van der Waals surface area contributed by atoms with Gasteiger partial charge in [0.15, 0.2) is 0 Å². The number of nitrogens with zero attached hydrogens (tertiary/aromatic N) is 1. The molecule has 0 saturated carbocycles. The van der Waals surface area contributed by atoms with Crippen LogP contribution in [0.1, 0.15) is 32.0 Å². The topological polar surface area (TPSA) is 24.9 Å². The molecule has 0 saturated heterocycles. The van der Waals surface area contributed by atoms with Crippen molar-refractivity contribution in [1.29, 1.82) is 0 Å².